The highest BCUT2D eigenvalue weighted by Crippen LogP contribution is 2.21. The summed E-state index contributed by atoms with van der Waals surface area (Å²) < 4.78 is 4.90. The molecule has 0 saturated carbocycles. The summed E-state index contributed by atoms with van der Waals surface area (Å²) in [5, 5.41) is 2.85. The van der Waals surface area contributed by atoms with Gasteiger partial charge in [-0.25, -0.2) is 0 Å². The van der Waals surface area contributed by atoms with E-state index >= 15 is 0 Å². The maximum Gasteiger partial charge on any atom is 0.239 e. The Labute approximate surface area is 167 Å². The molecule has 1 unspecified atom stereocenters. The molecule has 1 atom stereocenters. The molecule has 0 aromatic heterocycles. The third kappa shape index (κ3) is 6.64. The summed E-state index contributed by atoms with van der Waals surface area (Å²) in [6.07, 6.45) is 0. The largest absolute Gasteiger partial charge is 0.383 e. The van der Waals surface area contributed by atoms with Crippen molar-refractivity contribution in [3.63, 3.8) is 0 Å². The number of para-hydroxylation sites is 1. The molecule has 0 radical (unpaired) electrons. The Morgan fingerprint density at radius 1 is 1.19 bits per heavy atom. The fourth-order valence-electron chi connectivity index (χ4n) is 2.80. The Kier molecular flexibility index (Phi) is 11.2. The molecule has 9 heteroatoms. The van der Waals surface area contributed by atoms with Crippen LogP contribution in [-0.2, 0) is 20.9 Å². The smallest absolute Gasteiger partial charge is 0.239 e. The summed E-state index contributed by atoms with van der Waals surface area (Å²) in [4.78, 5) is 27.5. The molecule has 1 saturated heterocycles. The lowest BCUT2D eigenvalue weighted by Gasteiger charge is -2.36. The molecule has 3 N–H and O–H groups in total. The minimum Gasteiger partial charge on any atom is -0.383 e. The van der Waals surface area contributed by atoms with Crippen LogP contribution in [0, 0.1) is 0 Å². The predicted octanol–water partition coefficient (Wildman–Crippen LogP) is 0.789. The van der Waals surface area contributed by atoms with Crippen LogP contribution < -0.4 is 16.0 Å². The van der Waals surface area contributed by atoms with Crippen molar-refractivity contribution in [1.82, 2.24) is 10.2 Å². The monoisotopic (exact) mass is 406 g/mol. The number of rotatable bonds is 6. The summed E-state index contributed by atoms with van der Waals surface area (Å²) in [6, 6.07) is 7.30. The number of piperazine rings is 1. The molecular weight excluding hydrogens is 379 g/mol. The van der Waals surface area contributed by atoms with Crippen molar-refractivity contribution in [2.75, 3.05) is 44.8 Å². The number of nitrogens with one attached hydrogen (secondary N) is 1. The molecule has 1 aliphatic heterocycles. The fourth-order valence-corrected chi connectivity index (χ4v) is 2.80. The second-order valence-electron chi connectivity index (χ2n) is 5.90. The Bertz CT molecular complexity index is 581. The molecule has 1 fully saturated rings. The maximum absolute atomic E-state index is 11.9. The standard InChI is InChI=1S/C17H26N4O3.2ClH/c1-13(22)20-7-9-21(10-8-20)16-6-4-3-5-14(16)11-19-17(23)15(18)12-24-2;;/h3-6,15H,7-12,18H2,1-2H3,(H,19,23);2*1H. The van der Waals surface area contributed by atoms with Crippen LogP contribution in [0.1, 0.15) is 12.5 Å². The molecule has 26 heavy (non-hydrogen) atoms. The molecule has 2 rings (SSSR count). The molecule has 1 aromatic rings. The highest BCUT2D eigenvalue weighted by atomic mass is 35.5. The topological polar surface area (TPSA) is 87.9 Å². The first kappa shape index (κ1) is 24.5. The molecule has 2 amide bonds. The molecule has 148 valence electrons. The average molecular weight is 407 g/mol. The highest BCUT2D eigenvalue weighted by molar-refractivity contribution is 5.85. The van der Waals surface area contributed by atoms with E-state index in [2.05, 4.69) is 10.2 Å². The fraction of sp³-hybridized carbons (Fsp3) is 0.529. The van der Waals surface area contributed by atoms with Gasteiger partial charge in [-0.2, -0.15) is 0 Å². The molecule has 7 nitrogen and oxygen atoms in total. The van der Waals surface area contributed by atoms with E-state index in [4.69, 9.17) is 10.5 Å². The first-order chi connectivity index (χ1) is 11.5. The number of ether oxygens (including phenoxy) is 1. The van der Waals surface area contributed by atoms with Crippen molar-refractivity contribution in [3.05, 3.63) is 29.8 Å². The third-order valence-electron chi connectivity index (χ3n) is 4.19. The van der Waals surface area contributed by atoms with Gasteiger partial charge in [-0.05, 0) is 11.6 Å². The minimum atomic E-state index is -0.665. The van der Waals surface area contributed by atoms with E-state index in [1.54, 1.807) is 6.92 Å². The predicted molar refractivity (Wildman–Crippen MR) is 107 cm³/mol. The number of carbonyl (C=O) groups excluding carboxylic acids is 2. The molecule has 1 aromatic carbocycles. The summed E-state index contributed by atoms with van der Waals surface area (Å²) >= 11 is 0. The minimum absolute atomic E-state index is 0. The number of anilines is 1. The van der Waals surface area contributed by atoms with E-state index in [1.807, 2.05) is 29.2 Å². The number of hydrogen-bond donors (Lipinski definition) is 2. The summed E-state index contributed by atoms with van der Waals surface area (Å²) in [7, 11) is 1.52. The summed E-state index contributed by atoms with van der Waals surface area (Å²) in [5.41, 5.74) is 7.85. The van der Waals surface area contributed by atoms with E-state index < -0.39 is 6.04 Å². The lowest BCUT2D eigenvalue weighted by atomic mass is 10.1. The van der Waals surface area contributed by atoms with E-state index in [0.29, 0.717) is 6.54 Å². The van der Waals surface area contributed by atoms with Gasteiger partial charge < -0.3 is 25.6 Å². The van der Waals surface area contributed by atoms with Gasteiger partial charge in [0.15, 0.2) is 0 Å². The molecular formula is C17H28Cl2N4O3. The first-order valence-corrected chi connectivity index (χ1v) is 8.13. The number of nitrogens with two attached hydrogens (primary N) is 1. The zero-order chi connectivity index (χ0) is 17.5. The number of nitrogens with zero attached hydrogens (tertiary/aromatic N) is 2. The number of methoxy groups -OCH3 is 1. The molecule has 0 aliphatic carbocycles. The van der Waals surface area contributed by atoms with Crippen molar-refractivity contribution < 1.29 is 14.3 Å². The van der Waals surface area contributed by atoms with E-state index in [9.17, 15) is 9.59 Å². The van der Waals surface area contributed by atoms with E-state index in [-0.39, 0.29) is 43.2 Å². The van der Waals surface area contributed by atoms with Crippen LogP contribution in [0.2, 0.25) is 0 Å². The van der Waals surface area contributed by atoms with Crippen LogP contribution in [0.3, 0.4) is 0 Å². The second kappa shape index (κ2) is 12.0. The Morgan fingerprint density at radius 2 is 1.81 bits per heavy atom. The lowest BCUT2D eigenvalue weighted by Crippen LogP contribution is -2.48. The number of hydrogen-bond acceptors (Lipinski definition) is 5. The quantitative estimate of drug-likeness (QED) is 0.728. The van der Waals surface area contributed by atoms with E-state index in [0.717, 1.165) is 37.4 Å². The summed E-state index contributed by atoms with van der Waals surface area (Å²) in [6.45, 7) is 5.22. The maximum atomic E-state index is 11.9. The normalized spacial score (nSPS) is 14.7. The second-order valence-corrected chi connectivity index (χ2v) is 5.90. The van der Waals surface area contributed by atoms with Crippen LogP contribution in [-0.4, -0.2) is 62.7 Å². The Hall–Kier alpha value is -1.54. The van der Waals surface area contributed by atoms with Gasteiger partial charge in [0.05, 0.1) is 6.61 Å². The molecule has 1 heterocycles. The number of benzene rings is 1. The van der Waals surface area contributed by atoms with Gasteiger partial charge in [0.2, 0.25) is 11.8 Å². The van der Waals surface area contributed by atoms with Crippen LogP contribution in [0.15, 0.2) is 24.3 Å². The third-order valence-corrected chi connectivity index (χ3v) is 4.19. The van der Waals surface area contributed by atoms with Crippen molar-refractivity contribution in [1.29, 1.82) is 0 Å². The zero-order valence-electron chi connectivity index (χ0n) is 15.1. The Morgan fingerprint density at radius 3 is 2.38 bits per heavy atom. The van der Waals surface area contributed by atoms with Gasteiger partial charge in [0.1, 0.15) is 6.04 Å². The van der Waals surface area contributed by atoms with Gasteiger partial charge in [-0.15, -0.1) is 24.8 Å². The van der Waals surface area contributed by atoms with Gasteiger partial charge in [0, 0.05) is 52.4 Å². The average Bonchev–Trinajstić information content (AvgIpc) is 2.60. The van der Waals surface area contributed by atoms with Crippen LogP contribution in [0.25, 0.3) is 0 Å². The van der Waals surface area contributed by atoms with Crippen molar-refractivity contribution >= 4 is 42.3 Å². The van der Waals surface area contributed by atoms with Crippen molar-refractivity contribution in [3.8, 4) is 0 Å². The highest BCUT2D eigenvalue weighted by Gasteiger charge is 2.21. The van der Waals surface area contributed by atoms with Crippen LogP contribution in [0.4, 0.5) is 5.69 Å². The zero-order valence-corrected chi connectivity index (χ0v) is 16.8. The van der Waals surface area contributed by atoms with E-state index in [1.165, 1.54) is 7.11 Å². The Balaban J connectivity index is 0.00000312. The van der Waals surface area contributed by atoms with Gasteiger partial charge >= 0.3 is 0 Å². The SMILES string of the molecule is COCC(N)C(=O)NCc1ccccc1N1CCN(C(C)=O)CC1.Cl.Cl. The van der Waals surface area contributed by atoms with Crippen LogP contribution in [0.5, 0.6) is 0 Å². The summed E-state index contributed by atoms with van der Waals surface area (Å²) in [5.74, 6) is -0.115. The lowest BCUT2D eigenvalue weighted by molar-refractivity contribution is -0.129. The number of halogens is 2. The number of amides is 2. The number of carbonyl (C=O) groups is 2. The molecule has 0 bridgehead atoms. The van der Waals surface area contributed by atoms with Crippen molar-refractivity contribution in [2.24, 2.45) is 5.73 Å². The van der Waals surface area contributed by atoms with Gasteiger partial charge in [-0.1, -0.05) is 18.2 Å². The molecule has 1 aliphatic rings. The molecule has 0 spiro atoms. The van der Waals surface area contributed by atoms with Crippen molar-refractivity contribution in [2.45, 2.75) is 19.5 Å². The van der Waals surface area contributed by atoms with Gasteiger partial charge in [0.25, 0.3) is 0 Å². The van der Waals surface area contributed by atoms with Gasteiger partial charge in [-0.3, -0.25) is 9.59 Å². The first-order valence-electron chi connectivity index (χ1n) is 8.13. The van der Waals surface area contributed by atoms with Crippen LogP contribution >= 0.6 is 24.8 Å².